The molecule has 0 aliphatic rings. The average molecular weight is 239 g/mol. The van der Waals surface area contributed by atoms with Crippen molar-refractivity contribution in [1.29, 1.82) is 0 Å². The van der Waals surface area contributed by atoms with E-state index < -0.39 is 5.97 Å². The first-order valence-corrected chi connectivity index (χ1v) is 4.42. The monoisotopic (exact) mass is 238 g/mol. The van der Waals surface area contributed by atoms with Crippen molar-refractivity contribution in [3.8, 4) is 0 Å². The van der Waals surface area contributed by atoms with Crippen LogP contribution in [0.4, 0.5) is 0 Å². The zero-order chi connectivity index (χ0) is 10.0. The average Bonchev–Trinajstić information content (AvgIpc) is 2.02. The number of benzene rings is 1. The van der Waals surface area contributed by atoms with Crippen LogP contribution in [0.3, 0.4) is 0 Å². The summed E-state index contributed by atoms with van der Waals surface area (Å²) in [6, 6.07) is 2.86. The second-order valence-corrected chi connectivity index (χ2v) is 3.49. The van der Waals surface area contributed by atoms with E-state index >= 15 is 0 Å². The summed E-state index contributed by atoms with van der Waals surface area (Å²) in [5.74, 6) is -0.577. The lowest BCUT2D eigenvalue weighted by Crippen LogP contribution is -2.02. The van der Waals surface area contributed by atoms with Gasteiger partial charge >= 0.3 is 5.97 Å². The standard InChI is InChI=1S/C8H5Cl3O2/c1-13-8(12)7-5(10)2-4(9)3-6(7)11/h2-3H,1H3. The Morgan fingerprint density at radius 3 is 2.08 bits per heavy atom. The zero-order valence-electron chi connectivity index (χ0n) is 6.61. The molecule has 0 aliphatic carbocycles. The minimum atomic E-state index is -0.577. The van der Waals surface area contributed by atoms with E-state index in [-0.39, 0.29) is 15.6 Å². The maximum Gasteiger partial charge on any atom is 0.340 e. The van der Waals surface area contributed by atoms with Crippen LogP contribution >= 0.6 is 34.8 Å². The molecule has 1 rings (SSSR count). The van der Waals surface area contributed by atoms with Gasteiger partial charge in [0.15, 0.2) is 0 Å². The fraction of sp³-hybridized carbons (Fsp3) is 0.125. The fourth-order valence-corrected chi connectivity index (χ4v) is 1.81. The number of hydrogen-bond acceptors (Lipinski definition) is 2. The third kappa shape index (κ3) is 2.27. The summed E-state index contributed by atoms with van der Waals surface area (Å²) in [5.41, 5.74) is 0.134. The molecule has 0 amide bonds. The van der Waals surface area contributed by atoms with Crippen LogP contribution in [0.25, 0.3) is 0 Å². The van der Waals surface area contributed by atoms with Gasteiger partial charge < -0.3 is 4.74 Å². The number of methoxy groups -OCH3 is 1. The van der Waals surface area contributed by atoms with Gasteiger partial charge in [-0.15, -0.1) is 0 Å². The van der Waals surface area contributed by atoms with E-state index in [4.69, 9.17) is 34.8 Å². The number of esters is 1. The minimum Gasteiger partial charge on any atom is -0.465 e. The van der Waals surface area contributed by atoms with Crippen molar-refractivity contribution < 1.29 is 9.53 Å². The van der Waals surface area contributed by atoms with Crippen molar-refractivity contribution in [3.05, 3.63) is 32.8 Å². The summed E-state index contributed by atoms with van der Waals surface area (Å²) >= 11 is 17.1. The van der Waals surface area contributed by atoms with Gasteiger partial charge in [-0.2, -0.15) is 0 Å². The second-order valence-electron chi connectivity index (χ2n) is 2.24. The Balaban J connectivity index is 3.28. The maximum absolute atomic E-state index is 11.1. The highest BCUT2D eigenvalue weighted by atomic mass is 35.5. The molecular formula is C8H5Cl3O2. The molecule has 2 nitrogen and oxygen atoms in total. The number of rotatable bonds is 1. The second kappa shape index (κ2) is 4.18. The van der Waals surface area contributed by atoms with Gasteiger partial charge in [0.1, 0.15) is 0 Å². The van der Waals surface area contributed by atoms with E-state index in [1.165, 1.54) is 19.2 Å². The molecule has 0 aliphatic heterocycles. The lowest BCUT2D eigenvalue weighted by Gasteiger charge is -2.04. The predicted molar refractivity (Wildman–Crippen MR) is 52.8 cm³/mol. The van der Waals surface area contributed by atoms with E-state index in [2.05, 4.69) is 4.74 Å². The van der Waals surface area contributed by atoms with Gasteiger partial charge in [0.05, 0.1) is 22.7 Å². The van der Waals surface area contributed by atoms with Crippen molar-refractivity contribution in [2.45, 2.75) is 0 Å². The van der Waals surface area contributed by atoms with Gasteiger partial charge in [-0.3, -0.25) is 0 Å². The van der Waals surface area contributed by atoms with Crippen molar-refractivity contribution in [2.24, 2.45) is 0 Å². The highest BCUT2D eigenvalue weighted by Gasteiger charge is 2.15. The first kappa shape index (κ1) is 10.6. The van der Waals surface area contributed by atoms with Gasteiger partial charge in [0.2, 0.25) is 0 Å². The summed E-state index contributed by atoms with van der Waals surface area (Å²) in [6.07, 6.45) is 0. The number of halogens is 3. The number of carbonyl (C=O) groups excluding carboxylic acids is 1. The Kier molecular flexibility index (Phi) is 3.42. The van der Waals surface area contributed by atoms with E-state index in [0.717, 1.165) is 0 Å². The van der Waals surface area contributed by atoms with Crippen LogP contribution in [-0.4, -0.2) is 13.1 Å². The van der Waals surface area contributed by atoms with Crippen LogP contribution in [0.5, 0.6) is 0 Å². The van der Waals surface area contributed by atoms with E-state index in [0.29, 0.717) is 5.02 Å². The molecule has 0 saturated carbocycles. The van der Waals surface area contributed by atoms with Gasteiger partial charge in [0.25, 0.3) is 0 Å². The Morgan fingerprint density at radius 1 is 1.23 bits per heavy atom. The first-order valence-electron chi connectivity index (χ1n) is 3.29. The molecule has 0 spiro atoms. The molecule has 0 unspecified atom stereocenters. The maximum atomic E-state index is 11.1. The molecule has 0 aromatic heterocycles. The molecule has 0 radical (unpaired) electrons. The van der Waals surface area contributed by atoms with Crippen LogP contribution in [0.1, 0.15) is 10.4 Å². The molecule has 0 saturated heterocycles. The molecule has 5 heteroatoms. The summed E-state index contributed by atoms with van der Waals surface area (Å²) in [7, 11) is 1.25. The smallest absolute Gasteiger partial charge is 0.340 e. The Bertz CT molecular complexity index is 326. The topological polar surface area (TPSA) is 26.3 Å². The summed E-state index contributed by atoms with van der Waals surface area (Å²) in [5, 5.41) is 0.747. The summed E-state index contributed by atoms with van der Waals surface area (Å²) in [4.78, 5) is 11.1. The van der Waals surface area contributed by atoms with Crippen molar-refractivity contribution in [3.63, 3.8) is 0 Å². The molecule has 0 heterocycles. The summed E-state index contributed by atoms with van der Waals surface area (Å²) < 4.78 is 4.49. The highest BCUT2D eigenvalue weighted by Crippen LogP contribution is 2.29. The van der Waals surface area contributed by atoms with Crippen LogP contribution in [-0.2, 0) is 4.74 Å². The SMILES string of the molecule is COC(=O)c1c(Cl)cc(Cl)cc1Cl. The quantitative estimate of drug-likeness (QED) is 0.702. The molecule has 0 N–H and O–H groups in total. The van der Waals surface area contributed by atoms with E-state index in [9.17, 15) is 4.79 Å². The first-order chi connectivity index (χ1) is 6.06. The molecule has 0 atom stereocenters. The highest BCUT2D eigenvalue weighted by molar-refractivity contribution is 6.41. The molecular weight excluding hydrogens is 234 g/mol. The summed E-state index contributed by atoms with van der Waals surface area (Å²) in [6.45, 7) is 0. The fourth-order valence-electron chi connectivity index (χ4n) is 0.839. The number of carbonyl (C=O) groups is 1. The molecule has 0 fully saturated rings. The van der Waals surface area contributed by atoms with Crippen LogP contribution in [0, 0.1) is 0 Å². The third-order valence-corrected chi connectivity index (χ3v) is 2.21. The van der Waals surface area contributed by atoms with Gasteiger partial charge in [0, 0.05) is 5.02 Å². The van der Waals surface area contributed by atoms with Crippen LogP contribution in [0.2, 0.25) is 15.1 Å². The minimum absolute atomic E-state index is 0.134. The van der Waals surface area contributed by atoms with Crippen LogP contribution < -0.4 is 0 Å². The molecule has 1 aromatic rings. The van der Waals surface area contributed by atoms with Crippen molar-refractivity contribution in [2.75, 3.05) is 7.11 Å². The molecule has 13 heavy (non-hydrogen) atoms. The third-order valence-electron chi connectivity index (χ3n) is 1.40. The Morgan fingerprint density at radius 2 is 1.69 bits per heavy atom. The Hall–Kier alpha value is -0.440. The van der Waals surface area contributed by atoms with Gasteiger partial charge in [-0.05, 0) is 12.1 Å². The number of ether oxygens (including phenoxy) is 1. The lowest BCUT2D eigenvalue weighted by atomic mass is 10.2. The van der Waals surface area contributed by atoms with Crippen LogP contribution in [0.15, 0.2) is 12.1 Å². The van der Waals surface area contributed by atoms with Crippen molar-refractivity contribution in [1.82, 2.24) is 0 Å². The van der Waals surface area contributed by atoms with E-state index in [1.54, 1.807) is 0 Å². The number of hydrogen-bond donors (Lipinski definition) is 0. The molecule has 70 valence electrons. The van der Waals surface area contributed by atoms with Gasteiger partial charge in [-0.25, -0.2) is 4.79 Å². The van der Waals surface area contributed by atoms with Gasteiger partial charge in [-0.1, -0.05) is 34.8 Å². The molecule has 0 bridgehead atoms. The largest absolute Gasteiger partial charge is 0.465 e. The predicted octanol–water partition coefficient (Wildman–Crippen LogP) is 3.43. The van der Waals surface area contributed by atoms with Crippen molar-refractivity contribution >= 4 is 40.8 Å². The zero-order valence-corrected chi connectivity index (χ0v) is 8.87. The van der Waals surface area contributed by atoms with E-state index in [1.807, 2.05) is 0 Å². The molecule has 1 aromatic carbocycles. The Labute approximate surface area is 90.3 Å². The normalized spacial score (nSPS) is 9.85. The lowest BCUT2D eigenvalue weighted by molar-refractivity contribution is 0.0601.